The van der Waals surface area contributed by atoms with Crippen LogP contribution in [0, 0.1) is 0 Å². The van der Waals surface area contributed by atoms with Crippen LogP contribution >= 0.6 is 0 Å². The smallest absolute Gasteiger partial charge is 0.0561 e. The van der Waals surface area contributed by atoms with Crippen LogP contribution in [-0.4, -0.2) is 49.3 Å². The van der Waals surface area contributed by atoms with E-state index in [1.165, 1.54) is 45.3 Å². The average Bonchev–Trinajstić information content (AvgIpc) is 2.31. The molecular weight excluding hydrogens is 200 g/mol. The number of hydrogen-bond donors (Lipinski definition) is 1. The fourth-order valence-electron chi connectivity index (χ4n) is 3.21. The maximum absolute atomic E-state index is 5.65. The van der Waals surface area contributed by atoms with Crippen LogP contribution in [0.3, 0.4) is 0 Å². The van der Waals surface area contributed by atoms with E-state index in [0.717, 1.165) is 18.7 Å². The molecule has 2 aliphatic rings. The topological polar surface area (TPSA) is 24.5 Å². The highest BCUT2D eigenvalue weighted by molar-refractivity contribution is 4.85. The van der Waals surface area contributed by atoms with Crippen LogP contribution in [0.25, 0.3) is 0 Å². The molecule has 2 fully saturated rings. The maximum atomic E-state index is 5.65. The van der Waals surface area contributed by atoms with Crippen molar-refractivity contribution in [1.82, 2.24) is 10.2 Å². The first-order valence-electron chi connectivity index (χ1n) is 6.89. The van der Waals surface area contributed by atoms with E-state index in [4.69, 9.17) is 4.74 Å². The summed E-state index contributed by atoms with van der Waals surface area (Å²) in [6.45, 7) is 9.03. The number of ether oxygens (including phenoxy) is 1. The predicted octanol–water partition coefficient (Wildman–Crippen LogP) is 1.63. The van der Waals surface area contributed by atoms with Crippen LogP contribution in [0.4, 0.5) is 0 Å². The van der Waals surface area contributed by atoms with Gasteiger partial charge in [-0.1, -0.05) is 6.92 Å². The van der Waals surface area contributed by atoms with Crippen molar-refractivity contribution in [3.8, 4) is 0 Å². The van der Waals surface area contributed by atoms with Crippen molar-refractivity contribution in [2.75, 3.05) is 26.2 Å². The van der Waals surface area contributed by atoms with Gasteiger partial charge >= 0.3 is 0 Å². The van der Waals surface area contributed by atoms with Crippen molar-refractivity contribution >= 4 is 0 Å². The predicted molar refractivity (Wildman–Crippen MR) is 66.7 cm³/mol. The molecule has 0 saturated carbocycles. The minimum Gasteiger partial charge on any atom is -0.378 e. The molecule has 0 aromatic carbocycles. The van der Waals surface area contributed by atoms with Gasteiger partial charge in [0.15, 0.2) is 0 Å². The van der Waals surface area contributed by atoms with Gasteiger partial charge in [0.05, 0.1) is 6.10 Å². The zero-order valence-electron chi connectivity index (χ0n) is 10.7. The first-order valence-corrected chi connectivity index (χ1v) is 6.89. The van der Waals surface area contributed by atoms with Crippen molar-refractivity contribution in [3.63, 3.8) is 0 Å². The van der Waals surface area contributed by atoms with Gasteiger partial charge < -0.3 is 10.1 Å². The lowest BCUT2D eigenvalue weighted by Gasteiger charge is -2.42. The molecule has 2 heterocycles. The summed E-state index contributed by atoms with van der Waals surface area (Å²) in [5, 5.41) is 3.53. The number of hydrogen-bond acceptors (Lipinski definition) is 3. The quantitative estimate of drug-likeness (QED) is 0.791. The molecule has 94 valence electrons. The molecule has 0 bridgehead atoms. The number of piperidine rings is 1. The Hall–Kier alpha value is -0.120. The average molecular weight is 226 g/mol. The molecule has 3 unspecified atom stereocenters. The van der Waals surface area contributed by atoms with Gasteiger partial charge in [-0.05, 0) is 45.7 Å². The lowest BCUT2D eigenvalue weighted by Crippen LogP contribution is -2.52. The molecule has 0 spiro atoms. The van der Waals surface area contributed by atoms with E-state index in [1.807, 2.05) is 0 Å². The van der Waals surface area contributed by atoms with Gasteiger partial charge in [-0.3, -0.25) is 4.90 Å². The van der Waals surface area contributed by atoms with Gasteiger partial charge in [0.1, 0.15) is 0 Å². The Morgan fingerprint density at radius 2 is 2.19 bits per heavy atom. The summed E-state index contributed by atoms with van der Waals surface area (Å²) in [5.41, 5.74) is 0. The molecule has 16 heavy (non-hydrogen) atoms. The molecule has 1 N–H and O–H groups in total. The van der Waals surface area contributed by atoms with Crippen molar-refractivity contribution < 1.29 is 4.74 Å². The Bertz CT molecular complexity index is 204. The molecule has 0 aliphatic carbocycles. The Kier molecular flexibility index (Phi) is 4.62. The Labute approximate surface area is 99.5 Å². The second-order valence-corrected chi connectivity index (χ2v) is 5.19. The second kappa shape index (κ2) is 5.99. The van der Waals surface area contributed by atoms with Crippen LogP contribution in [0.15, 0.2) is 0 Å². The van der Waals surface area contributed by atoms with Crippen molar-refractivity contribution in [3.05, 3.63) is 0 Å². The van der Waals surface area contributed by atoms with Gasteiger partial charge in [-0.2, -0.15) is 0 Å². The summed E-state index contributed by atoms with van der Waals surface area (Å²) >= 11 is 0. The third kappa shape index (κ3) is 2.96. The van der Waals surface area contributed by atoms with E-state index >= 15 is 0 Å². The van der Waals surface area contributed by atoms with Crippen LogP contribution in [0.1, 0.15) is 39.5 Å². The fraction of sp³-hybridized carbons (Fsp3) is 1.00. The van der Waals surface area contributed by atoms with Crippen molar-refractivity contribution in [2.45, 2.75) is 57.7 Å². The van der Waals surface area contributed by atoms with Gasteiger partial charge in [0.25, 0.3) is 0 Å². The molecule has 2 rings (SSSR count). The summed E-state index contributed by atoms with van der Waals surface area (Å²) in [4.78, 5) is 2.71. The van der Waals surface area contributed by atoms with Crippen LogP contribution in [0.5, 0.6) is 0 Å². The zero-order valence-corrected chi connectivity index (χ0v) is 10.7. The monoisotopic (exact) mass is 226 g/mol. The lowest BCUT2D eigenvalue weighted by molar-refractivity contribution is -0.0291. The number of nitrogens with zero attached hydrogens (tertiary/aromatic N) is 1. The van der Waals surface area contributed by atoms with E-state index in [-0.39, 0.29) is 0 Å². The van der Waals surface area contributed by atoms with E-state index < -0.39 is 0 Å². The van der Waals surface area contributed by atoms with Crippen molar-refractivity contribution in [1.29, 1.82) is 0 Å². The normalized spacial score (nSPS) is 36.6. The number of nitrogens with one attached hydrogen (secondary N) is 1. The second-order valence-electron chi connectivity index (χ2n) is 5.19. The molecular formula is C13H26N2O. The molecule has 0 aromatic rings. The van der Waals surface area contributed by atoms with Crippen LogP contribution < -0.4 is 5.32 Å². The summed E-state index contributed by atoms with van der Waals surface area (Å²) < 4.78 is 5.65. The molecule has 0 radical (unpaired) electrons. The molecule has 3 heteroatoms. The van der Waals surface area contributed by atoms with Gasteiger partial charge in [-0.25, -0.2) is 0 Å². The summed E-state index contributed by atoms with van der Waals surface area (Å²) in [6.07, 6.45) is 5.58. The number of likely N-dealkylation sites (N-methyl/N-ethyl adjacent to an activating group) is 1. The third-order valence-electron chi connectivity index (χ3n) is 4.03. The Balaban J connectivity index is 1.91. The molecule has 3 atom stereocenters. The molecule has 0 amide bonds. The minimum absolute atomic E-state index is 0.448. The molecule has 2 saturated heterocycles. The van der Waals surface area contributed by atoms with Crippen LogP contribution in [0.2, 0.25) is 0 Å². The van der Waals surface area contributed by atoms with Crippen LogP contribution in [-0.2, 0) is 4.74 Å². The number of rotatable bonds is 3. The van der Waals surface area contributed by atoms with E-state index in [0.29, 0.717) is 6.10 Å². The lowest BCUT2D eigenvalue weighted by atomic mass is 9.97. The molecule has 3 nitrogen and oxygen atoms in total. The highest BCUT2D eigenvalue weighted by atomic mass is 16.5. The first kappa shape index (κ1) is 12.3. The van der Waals surface area contributed by atoms with E-state index in [2.05, 4.69) is 24.1 Å². The highest BCUT2D eigenvalue weighted by Gasteiger charge is 2.29. The summed E-state index contributed by atoms with van der Waals surface area (Å²) in [5.74, 6) is 0. The van der Waals surface area contributed by atoms with Crippen molar-refractivity contribution in [2.24, 2.45) is 0 Å². The first-order chi connectivity index (χ1) is 7.81. The van der Waals surface area contributed by atoms with E-state index in [9.17, 15) is 0 Å². The van der Waals surface area contributed by atoms with Gasteiger partial charge in [0, 0.05) is 25.2 Å². The minimum atomic E-state index is 0.448. The highest BCUT2D eigenvalue weighted by Crippen LogP contribution is 2.23. The summed E-state index contributed by atoms with van der Waals surface area (Å²) in [6, 6.07) is 1.51. The maximum Gasteiger partial charge on any atom is 0.0561 e. The third-order valence-corrected chi connectivity index (χ3v) is 4.03. The van der Waals surface area contributed by atoms with E-state index in [1.54, 1.807) is 0 Å². The Morgan fingerprint density at radius 3 is 2.81 bits per heavy atom. The molecule has 2 aliphatic heterocycles. The van der Waals surface area contributed by atoms with Gasteiger partial charge in [-0.15, -0.1) is 0 Å². The SMILES string of the molecule is CCN(C1CCCNC1)C1CCOC(C)C1. The Morgan fingerprint density at radius 1 is 1.31 bits per heavy atom. The fourth-order valence-corrected chi connectivity index (χ4v) is 3.21. The molecule has 0 aromatic heterocycles. The summed E-state index contributed by atoms with van der Waals surface area (Å²) in [7, 11) is 0. The standard InChI is InChI=1S/C13H26N2O/c1-3-15(13-5-4-7-14-10-13)12-6-8-16-11(2)9-12/h11-14H,3-10H2,1-2H3. The largest absolute Gasteiger partial charge is 0.378 e. The van der Waals surface area contributed by atoms with Gasteiger partial charge in [0.2, 0.25) is 0 Å². The zero-order chi connectivity index (χ0) is 11.4.